The van der Waals surface area contributed by atoms with Gasteiger partial charge in [0.2, 0.25) is 0 Å². The zero-order valence-corrected chi connectivity index (χ0v) is 18.5. The highest BCUT2D eigenvalue weighted by molar-refractivity contribution is 5.91. The topological polar surface area (TPSA) is 78.9 Å². The van der Waals surface area contributed by atoms with Gasteiger partial charge in [-0.15, -0.1) is 0 Å². The van der Waals surface area contributed by atoms with Crippen molar-refractivity contribution >= 4 is 17.9 Å². The Balaban J connectivity index is 2.41. The van der Waals surface area contributed by atoms with E-state index in [2.05, 4.69) is 6.58 Å². The number of rotatable bonds is 2. The molecule has 0 aromatic heterocycles. The maximum Gasteiger partial charge on any atom is 0.334 e. The Morgan fingerprint density at radius 1 is 0.933 bits per heavy atom. The van der Waals surface area contributed by atoms with Gasteiger partial charge in [0.05, 0.1) is 0 Å². The number of esters is 3. The SMILES string of the molecule is C=C1C(=O)O[C@H]2/C=C(\C)C[C@H](OC(C)=O)/C=C(\C)C[C@H](OC(C)=O)/C=C(\C)CC[C@H]12. The van der Waals surface area contributed by atoms with Gasteiger partial charge in [-0.05, 0) is 51.8 Å². The molecule has 2 aliphatic rings. The molecule has 0 aromatic carbocycles. The summed E-state index contributed by atoms with van der Waals surface area (Å²) in [6.45, 7) is 12.5. The van der Waals surface area contributed by atoms with Crippen molar-refractivity contribution in [3.63, 3.8) is 0 Å². The van der Waals surface area contributed by atoms with Crippen molar-refractivity contribution in [3.8, 4) is 0 Å². The van der Waals surface area contributed by atoms with Crippen LogP contribution in [0.15, 0.2) is 47.1 Å². The third kappa shape index (κ3) is 7.01. The van der Waals surface area contributed by atoms with Gasteiger partial charge in [0.15, 0.2) is 0 Å². The van der Waals surface area contributed by atoms with Crippen LogP contribution in [0.4, 0.5) is 0 Å². The van der Waals surface area contributed by atoms with E-state index in [1.165, 1.54) is 13.8 Å². The maximum absolute atomic E-state index is 12.1. The molecule has 6 heteroatoms. The predicted octanol–water partition coefficient (Wildman–Crippen LogP) is 4.36. The van der Waals surface area contributed by atoms with Crippen LogP contribution in [0.2, 0.25) is 0 Å². The highest BCUT2D eigenvalue weighted by Crippen LogP contribution is 2.34. The van der Waals surface area contributed by atoms with Crippen LogP contribution in [-0.4, -0.2) is 36.2 Å². The van der Waals surface area contributed by atoms with E-state index in [0.717, 1.165) is 23.1 Å². The van der Waals surface area contributed by atoms with E-state index in [9.17, 15) is 14.4 Å². The molecule has 2 rings (SSSR count). The minimum Gasteiger partial charge on any atom is -0.458 e. The lowest BCUT2D eigenvalue weighted by Gasteiger charge is -2.21. The molecule has 6 nitrogen and oxygen atoms in total. The molecule has 0 spiro atoms. The van der Waals surface area contributed by atoms with Crippen LogP contribution < -0.4 is 0 Å². The molecule has 1 aliphatic heterocycles. The van der Waals surface area contributed by atoms with E-state index >= 15 is 0 Å². The van der Waals surface area contributed by atoms with E-state index in [0.29, 0.717) is 24.8 Å². The normalized spacial score (nSPS) is 33.4. The molecule has 0 aromatic rings. The first-order valence-corrected chi connectivity index (χ1v) is 10.3. The molecule has 0 saturated carbocycles. The summed E-state index contributed by atoms with van der Waals surface area (Å²) in [5.74, 6) is -1.21. The lowest BCUT2D eigenvalue weighted by molar-refractivity contribution is -0.144. The van der Waals surface area contributed by atoms with E-state index in [4.69, 9.17) is 14.2 Å². The Kier molecular flexibility index (Phi) is 8.21. The van der Waals surface area contributed by atoms with Gasteiger partial charge in [-0.2, -0.15) is 0 Å². The molecule has 4 atom stereocenters. The third-order valence-corrected chi connectivity index (χ3v) is 5.27. The van der Waals surface area contributed by atoms with Gasteiger partial charge in [0.25, 0.3) is 0 Å². The van der Waals surface area contributed by atoms with Gasteiger partial charge in [-0.25, -0.2) is 4.79 Å². The zero-order valence-electron chi connectivity index (χ0n) is 18.5. The summed E-state index contributed by atoms with van der Waals surface area (Å²) in [6, 6.07) is 0. The highest BCUT2D eigenvalue weighted by Gasteiger charge is 2.37. The van der Waals surface area contributed by atoms with Crippen LogP contribution in [-0.2, 0) is 28.6 Å². The lowest BCUT2D eigenvalue weighted by atomic mass is 9.88. The summed E-state index contributed by atoms with van der Waals surface area (Å²) in [7, 11) is 0. The van der Waals surface area contributed by atoms with Crippen molar-refractivity contribution in [3.05, 3.63) is 47.1 Å². The predicted molar refractivity (Wildman–Crippen MR) is 113 cm³/mol. The molecule has 1 heterocycles. The molecule has 1 fully saturated rings. The van der Waals surface area contributed by atoms with E-state index in [1.807, 2.05) is 39.0 Å². The van der Waals surface area contributed by atoms with E-state index in [1.54, 1.807) is 0 Å². The number of carbonyl (C=O) groups is 3. The van der Waals surface area contributed by atoms with Crippen molar-refractivity contribution in [1.29, 1.82) is 0 Å². The fourth-order valence-corrected chi connectivity index (χ4v) is 3.97. The summed E-state index contributed by atoms with van der Waals surface area (Å²) < 4.78 is 16.5. The van der Waals surface area contributed by atoms with Crippen molar-refractivity contribution in [2.24, 2.45) is 5.92 Å². The number of ether oxygens (including phenoxy) is 3. The van der Waals surface area contributed by atoms with Gasteiger partial charge in [0, 0.05) is 38.2 Å². The van der Waals surface area contributed by atoms with Crippen molar-refractivity contribution in [2.45, 2.75) is 78.6 Å². The first-order chi connectivity index (χ1) is 14.0. The first kappa shape index (κ1) is 23.6. The molecule has 1 aliphatic carbocycles. The molecule has 0 amide bonds. The smallest absolute Gasteiger partial charge is 0.334 e. The summed E-state index contributed by atoms with van der Waals surface area (Å²) in [6.07, 6.45) is 6.97. The van der Waals surface area contributed by atoms with Crippen LogP contribution in [0, 0.1) is 5.92 Å². The minimum atomic E-state index is -0.455. The maximum atomic E-state index is 12.1. The van der Waals surface area contributed by atoms with E-state index in [-0.39, 0.29) is 29.9 Å². The average molecular weight is 417 g/mol. The van der Waals surface area contributed by atoms with Gasteiger partial charge in [0.1, 0.15) is 18.3 Å². The number of allylic oxidation sites excluding steroid dienone is 1. The number of hydrogen-bond acceptors (Lipinski definition) is 6. The van der Waals surface area contributed by atoms with Crippen molar-refractivity contribution in [2.75, 3.05) is 0 Å². The standard InChI is InChI=1S/C24H32O6/c1-14-7-8-22-17(4)24(27)30-23(22)13-16(3)12-21(29-19(6)26)11-15(2)10-20(9-14)28-18(5)25/h9,11,13,20-23H,4,7-8,10,12H2,1-3,5-6H3/b14-9+,15-11+,16-13+/t20-,21-,22-,23+/m1/s1. The molecule has 164 valence electrons. The number of fused-ring (bicyclic) bond motifs is 1. The molecule has 0 radical (unpaired) electrons. The van der Waals surface area contributed by atoms with Crippen LogP contribution in [0.1, 0.15) is 60.3 Å². The fourth-order valence-electron chi connectivity index (χ4n) is 3.97. The lowest BCUT2D eigenvalue weighted by Crippen LogP contribution is -2.20. The van der Waals surface area contributed by atoms with Gasteiger partial charge < -0.3 is 14.2 Å². The molecule has 0 unspecified atom stereocenters. The zero-order chi connectivity index (χ0) is 22.4. The number of hydrogen-bond donors (Lipinski definition) is 0. The Morgan fingerprint density at radius 3 is 1.97 bits per heavy atom. The van der Waals surface area contributed by atoms with Crippen LogP contribution in [0.25, 0.3) is 0 Å². The summed E-state index contributed by atoms with van der Waals surface area (Å²) >= 11 is 0. The molecule has 0 N–H and O–H groups in total. The average Bonchev–Trinajstić information content (AvgIpc) is 2.84. The van der Waals surface area contributed by atoms with Crippen LogP contribution in [0.3, 0.4) is 0 Å². The van der Waals surface area contributed by atoms with Crippen LogP contribution >= 0.6 is 0 Å². The molecular weight excluding hydrogens is 384 g/mol. The summed E-state index contributed by atoms with van der Waals surface area (Å²) in [5, 5.41) is 0. The Morgan fingerprint density at radius 2 is 1.43 bits per heavy atom. The van der Waals surface area contributed by atoms with Gasteiger partial charge in [-0.1, -0.05) is 23.3 Å². The van der Waals surface area contributed by atoms with Crippen LogP contribution in [0.5, 0.6) is 0 Å². The van der Waals surface area contributed by atoms with Gasteiger partial charge >= 0.3 is 17.9 Å². The second-order valence-electron chi connectivity index (χ2n) is 8.28. The largest absolute Gasteiger partial charge is 0.458 e. The third-order valence-electron chi connectivity index (χ3n) is 5.27. The second kappa shape index (κ2) is 10.4. The summed E-state index contributed by atoms with van der Waals surface area (Å²) in [5.41, 5.74) is 3.46. The van der Waals surface area contributed by atoms with Gasteiger partial charge in [-0.3, -0.25) is 9.59 Å². The summed E-state index contributed by atoms with van der Waals surface area (Å²) in [4.78, 5) is 35.3. The highest BCUT2D eigenvalue weighted by atomic mass is 16.6. The van der Waals surface area contributed by atoms with E-state index < -0.39 is 12.2 Å². The molecular formula is C24H32O6. The monoisotopic (exact) mass is 416 g/mol. The molecule has 30 heavy (non-hydrogen) atoms. The fraction of sp³-hybridized carbons (Fsp3) is 0.542. The first-order valence-electron chi connectivity index (χ1n) is 10.3. The van der Waals surface area contributed by atoms with Crippen molar-refractivity contribution < 1.29 is 28.6 Å². The molecule has 0 bridgehead atoms. The number of carbonyl (C=O) groups excluding carboxylic acids is 3. The Bertz CT molecular complexity index is 801. The second-order valence-corrected chi connectivity index (χ2v) is 8.28. The minimum absolute atomic E-state index is 0.115. The molecule has 1 saturated heterocycles. The Labute approximate surface area is 178 Å². The quantitative estimate of drug-likeness (QED) is 0.288. The Hall–Kier alpha value is -2.63. The van der Waals surface area contributed by atoms with Crippen molar-refractivity contribution in [1.82, 2.24) is 0 Å².